The van der Waals surface area contributed by atoms with Crippen molar-refractivity contribution in [1.82, 2.24) is 0 Å². The lowest BCUT2D eigenvalue weighted by atomic mass is 9.71. The van der Waals surface area contributed by atoms with Crippen molar-refractivity contribution >= 4 is 14.3 Å². The fraction of sp³-hybridized carbons (Fsp3) is 0.947. The highest BCUT2D eigenvalue weighted by atomic mass is 28.4. The van der Waals surface area contributed by atoms with Crippen LogP contribution in [0.25, 0.3) is 0 Å². The van der Waals surface area contributed by atoms with Crippen LogP contribution in [-0.2, 0) is 14.0 Å². The molecule has 0 bridgehead atoms. The zero-order chi connectivity index (χ0) is 17.4. The van der Waals surface area contributed by atoms with Crippen molar-refractivity contribution in [2.75, 3.05) is 6.61 Å². The molecule has 3 nitrogen and oxygen atoms in total. The minimum Gasteiger partial charge on any atom is -0.465 e. The Labute approximate surface area is 143 Å². The van der Waals surface area contributed by atoms with Crippen LogP contribution in [0, 0.1) is 5.41 Å². The highest BCUT2D eigenvalue weighted by Gasteiger charge is 2.63. The second-order valence-electron chi connectivity index (χ2n) is 9.07. The summed E-state index contributed by atoms with van der Waals surface area (Å²) in [5, 5.41) is 0.164. The van der Waals surface area contributed by atoms with Gasteiger partial charge in [-0.15, -0.1) is 0 Å². The molecule has 2 aliphatic carbocycles. The summed E-state index contributed by atoms with van der Waals surface area (Å²) in [6.07, 6.45) is 8.55. The molecule has 4 heteroatoms. The van der Waals surface area contributed by atoms with Crippen molar-refractivity contribution in [3.63, 3.8) is 0 Å². The SMILES string of the molecule is CCOC(=O)C12CCCCCC1(O[Si](C)(C)C(C)(C)C)CCC2. The minimum atomic E-state index is -1.93. The highest BCUT2D eigenvalue weighted by molar-refractivity contribution is 6.74. The average molecular weight is 341 g/mol. The molecule has 0 aromatic rings. The van der Waals surface area contributed by atoms with E-state index in [1.807, 2.05) is 6.92 Å². The van der Waals surface area contributed by atoms with Gasteiger partial charge in [0, 0.05) is 0 Å². The molecule has 2 atom stereocenters. The first-order valence-electron chi connectivity index (χ1n) is 9.48. The Bertz CT molecular complexity index is 440. The molecule has 2 unspecified atom stereocenters. The van der Waals surface area contributed by atoms with Gasteiger partial charge in [0.15, 0.2) is 8.32 Å². The van der Waals surface area contributed by atoms with Crippen molar-refractivity contribution in [3.05, 3.63) is 0 Å². The van der Waals surface area contributed by atoms with Gasteiger partial charge in [-0.25, -0.2) is 0 Å². The van der Waals surface area contributed by atoms with Gasteiger partial charge in [-0.3, -0.25) is 4.79 Å². The van der Waals surface area contributed by atoms with Gasteiger partial charge in [-0.05, 0) is 57.2 Å². The number of hydrogen-bond acceptors (Lipinski definition) is 3. The van der Waals surface area contributed by atoms with Gasteiger partial charge in [0.25, 0.3) is 0 Å². The molecule has 0 N–H and O–H groups in total. The standard InChI is InChI=1S/C19H36O3Si/c1-7-21-16(20)18-12-9-8-10-14-19(18,15-11-13-18)22-23(5,6)17(2,3)4/h7-15H2,1-6H3. The van der Waals surface area contributed by atoms with Gasteiger partial charge < -0.3 is 9.16 Å². The largest absolute Gasteiger partial charge is 0.465 e. The molecule has 2 aliphatic rings. The van der Waals surface area contributed by atoms with E-state index in [2.05, 4.69) is 33.9 Å². The summed E-state index contributed by atoms with van der Waals surface area (Å²) in [4.78, 5) is 13.0. The van der Waals surface area contributed by atoms with Gasteiger partial charge >= 0.3 is 5.97 Å². The molecule has 0 aromatic heterocycles. The summed E-state index contributed by atoms with van der Waals surface area (Å²) in [5.74, 6) is 0.0121. The minimum absolute atomic E-state index is 0.0121. The summed E-state index contributed by atoms with van der Waals surface area (Å²) in [6, 6.07) is 0. The van der Waals surface area contributed by atoms with E-state index in [0.717, 1.165) is 38.5 Å². The van der Waals surface area contributed by atoms with Crippen LogP contribution >= 0.6 is 0 Å². The Morgan fingerprint density at radius 1 is 1.00 bits per heavy atom. The number of fused-ring (bicyclic) bond motifs is 1. The maximum absolute atomic E-state index is 13.0. The molecule has 0 amide bonds. The van der Waals surface area contributed by atoms with Crippen molar-refractivity contribution in [2.24, 2.45) is 5.41 Å². The quantitative estimate of drug-likeness (QED) is 0.504. The van der Waals surface area contributed by atoms with E-state index in [4.69, 9.17) is 9.16 Å². The molecule has 0 radical (unpaired) electrons. The fourth-order valence-electron chi connectivity index (χ4n) is 4.37. The van der Waals surface area contributed by atoms with E-state index in [-0.39, 0.29) is 16.6 Å². The fourth-order valence-corrected chi connectivity index (χ4v) is 6.06. The van der Waals surface area contributed by atoms with Crippen LogP contribution in [0.1, 0.15) is 79.1 Å². The lowest BCUT2D eigenvalue weighted by molar-refractivity contribution is -0.170. The summed E-state index contributed by atoms with van der Waals surface area (Å²) in [5.41, 5.74) is -0.673. The molecular formula is C19H36O3Si. The van der Waals surface area contributed by atoms with Crippen LogP contribution < -0.4 is 0 Å². The Hall–Kier alpha value is -0.353. The van der Waals surface area contributed by atoms with E-state index < -0.39 is 13.7 Å². The molecule has 2 fully saturated rings. The zero-order valence-electron chi connectivity index (χ0n) is 16.1. The zero-order valence-corrected chi connectivity index (χ0v) is 17.1. The highest BCUT2D eigenvalue weighted by Crippen LogP contribution is 2.59. The van der Waals surface area contributed by atoms with Crippen molar-refractivity contribution in [2.45, 2.75) is 103 Å². The third kappa shape index (κ3) is 3.26. The van der Waals surface area contributed by atoms with Crippen molar-refractivity contribution < 1.29 is 14.0 Å². The van der Waals surface area contributed by atoms with Crippen LogP contribution in [0.3, 0.4) is 0 Å². The van der Waals surface area contributed by atoms with Gasteiger partial charge in [0.2, 0.25) is 0 Å². The third-order valence-corrected chi connectivity index (χ3v) is 11.2. The summed E-state index contributed by atoms with van der Waals surface area (Å²) in [7, 11) is -1.93. The van der Waals surface area contributed by atoms with Gasteiger partial charge in [-0.2, -0.15) is 0 Å². The smallest absolute Gasteiger partial charge is 0.314 e. The summed E-state index contributed by atoms with van der Waals surface area (Å²) >= 11 is 0. The Morgan fingerprint density at radius 3 is 2.17 bits per heavy atom. The molecule has 0 heterocycles. The first-order valence-corrected chi connectivity index (χ1v) is 12.4. The number of carbonyl (C=O) groups is 1. The molecule has 0 aliphatic heterocycles. The topological polar surface area (TPSA) is 35.5 Å². The van der Waals surface area contributed by atoms with Crippen LogP contribution in [0.4, 0.5) is 0 Å². The van der Waals surface area contributed by atoms with Crippen LogP contribution in [0.2, 0.25) is 18.1 Å². The summed E-state index contributed by atoms with van der Waals surface area (Å²) in [6.45, 7) is 13.9. The first-order chi connectivity index (χ1) is 10.6. The predicted octanol–water partition coefficient (Wildman–Crippen LogP) is 5.44. The van der Waals surface area contributed by atoms with Crippen molar-refractivity contribution in [3.8, 4) is 0 Å². The number of ether oxygens (including phenoxy) is 1. The maximum atomic E-state index is 13.0. The maximum Gasteiger partial charge on any atom is 0.314 e. The first kappa shape index (κ1) is 19.0. The van der Waals surface area contributed by atoms with Gasteiger partial charge in [0.05, 0.1) is 17.6 Å². The lowest BCUT2D eigenvalue weighted by Gasteiger charge is -2.50. The Morgan fingerprint density at radius 2 is 1.57 bits per heavy atom. The second kappa shape index (κ2) is 6.51. The molecular weight excluding hydrogens is 304 g/mol. The van der Waals surface area contributed by atoms with E-state index in [0.29, 0.717) is 6.61 Å². The molecule has 0 aromatic carbocycles. The molecule has 2 saturated carbocycles. The number of hydrogen-bond donors (Lipinski definition) is 0. The second-order valence-corrected chi connectivity index (χ2v) is 13.8. The van der Waals surface area contributed by atoms with E-state index in [9.17, 15) is 4.79 Å². The Kier molecular flexibility index (Phi) is 5.37. The van der Waals surface area contributed by atoms with Gasteiger partial charge in [0.1, 0.15) is 0 Å². The lowest BCUT2D eigenvalue weighted by Crippen LogP contribution is -2.58. The summed E-state index contributed by atoms with van der Waals surface area (Å²) < 4.78 is 12.6. The molecule has 0 spiro atoms. The van der Waals surface area contributed by atoms with E-state index >= 15 is 0 Å². The molecule has 23 heavy (non-hydrogen) atoms. The monoisotopic (exact) mass is 340 g/mol. The normalized spacial score (nSPS) is 32.3. The number of carbonyl (C=O) groups excluding carboxylic acids is 1. The van der Waals surface area contributed by atoms with Crippen LogP contribution in [-0.4, -0.2) is 26.5 Å². The Balaban J connectivity index is 2.42. The average Bonchev–Trinajstić information content (AvgIpc) is 2.67. The van der Waals surface area contributed by atoms with Crippen LogP contribution in [0.5, 0.6) is 0 Å². The van der Waals surface area contributed by atoms with E-state index in [1.165, 1.54) is 12.8 Å². The van der Waals surface area contributed by atoms with E-state index in [1.54, 1.807) is 0 Å². The molecule has 0 saturated heterocycles. The predicted molar refractivity (Wildman–Crippen MR) is 97.0 cm³/mol. The van der Waals surface area contributed by atoms with Crippen LogP contribution in [0.15, 0.2) is 0 Å². The van der Waals surface area contributed by atoms with Crippen molar-refractivity contribution in [1.29, 1.82) is 0 Å². The van der Waals surface area contributed by atoms with Gasteiger partial charge in [-0.1, -0.05) is 40.0 Å². The number of esters is 1. The third-order valence-electron chi connectivity index (χ3n) is 6.66. The molecule has 134 valence electrons. The molecule has 2 rings (SSSR count). The number of rotatable bonds is 4.